The Morgan fingerprint density at radius 2 is 1.89 bits per heavy atom. The van der Waals surface area contributed by atoms with Crippen molar-refractivity contribution in [2.45, 2.75) is 10.6 Å². The number of rotatable bonds is 4. The molecule has 0 radical (unpaired) electrons. The summed E-state index contributed by atoms with van der Waals surface area (Å²) in [6.45, 7) is 0. The highest BCUT2D eigenvalue weighted by atomic mass is 79.9. The number of carbonyl (C=O) groups is 1. The second kappa shape index (κ2) is 6.21. The molecule has 2 aromatic rings. The van der Waals surface area contributed by atoms with Gasteiger partial charge in [0.1, 0.15) is 5.82 Å². The molecule has 0 unspecified atom stereocenters. The number of hydrogen-bond acceptors (Lipinski definition) is 2. The third kappa shape index (κ3) is 3.81. The first-order valence-corrected chi connectivity index (χ1v) is 7.24. The van der Waals surface area contributed by atoms with Crippen LogP contribution in [0.25, 0.3) is 0 Å². The van der Waals surface area contributed by atoms with Gasteiger partial charge in [-0.15, -0.1) is 11.8 Å². The number of thioether (sulfide) groups is 1. The van der Waals surface area contributed by atoms with E-state index in [1.165, 1.54) is 12.1 Å². The van der Waals surface area contributed by atoms with Crippen molar-refractivity contribution in [2.24, 2.45) is 0 Å². The van der Waals surface area contributed by atoms with Crippen LogP contribution in [-0.4, -0.2) is 11.1 Å². The van der Waals surface area contributed by atoms with Crippen LogP contribution in [0.2, 0.25) is 0 Å². The Morgan fingerprint density at radius 1 is 1.21 bits per heavy atom. The number of benzene rings is 2. The van der Waals surface area contributed by atoms with Gasteiger partial charge in [-0.05, 0) is 42.0 Å². The number of aromatic carboxylic acids is 1. The summed E-state index contributed by atoms with van der Waals surface area (Å²) in [7, 11) is 0. The zero-order valence-electron chi connectivity index (χ0n) is 9.77. The van der Waals surface area contributed by atoms with Crippen LogP contribution in [0.3, 0.4) is 0 Å². The molecule has 2 aromatic carbocycles. The summed E-state index contributed by atoms with van der Waals surface area (Å²) in [5.41, 5.74) is 0.501. The van der Waals surface area contributed by atoms with Crippen molar-refractivity contribution in [2.75, 3.05) is 0 Å². The van der Waals surface area contributed by atoms with E-state index >= 15 is 0 Å². The maximum absolute atomic E-state index is 13.2. The fourth-order valence-electron chi connectivity index (χ4n) is 1.52. The minimum absolute atomic E-state index is 0.283. The van der Waals surface area contributed by atoms with Gasteiger partial charge in [0.15, 0.2) is 0 Å². The second-order valence-electron chi connectivity index (χ2n) is 3.86. The molecule has 98 valence electrons. The molecule has 0 bridgehead atoms. The van der Waals surface area contributed by atoms with Crippen LogP contribution in [0, 0.1) is 5.82 Å². The smallest absolute Gasteiger partial charge is 0.338 e. The Bertz CT molecular complexity index is 599. The molecule has 0 amide bonds. The van der Waals surface area contributed by atoms with Crippen LogP contribution in [0.1, 0.15) is 15.9 Å². The highest BCUT2D eigenvalue weighted by Gasteiger charge is 2.10. The average Bonchev–Trinajstić information content (AvgIpc) is 2.39. The zero-order chi connectivity index (χ0) is 13.8. The van der Waals surface area contributed by atoms with Crippen molar-refractivity contribution >= 4 is 33.7 Å². The van der Waals surface area contributed by atoms with Crippen molar-refractivity contribution in [3.63, 3.8) is 0 Å². The number of carboxylic acid groups (broad SMARTS) is 1. The lowest BCUT2D eigenvalue weighted by Gasteiger charge is -2.04. The average molecular weight is 341 g/mol. The fraction of sp³-hybridized carbons (Fsp3) is 0.0714. The summed E-state index contributed by atoms with van der Waals surface area (Å²) in [5, 5.41) is 8.85. The monoisotopic (exact) mass is 340 g/mol. The summed E-state index contributed by atoms with van der Waals surface area (Å²) in [4.78, 5) is 11.9. The van der Waals surface area contributed by atoms with Gasteiger partial charge in [-0.1, -0.05) is 22.0 Å². The zero-order valence-corrected chi connectivity index (χ0v) is 12.2. The Kier molecular flexibility index (Phi) is 4.61. The molecule has 0 saturated heterocycles. The molecule has 0 aliphatic carbocycles. The van der Waals surface area contributed by atoms with E-state index in [1.54, 1.807) is 17.8 Å². The highest BCUT2D eigenvalue weighted by Crippen LogP contribution is 2.25. The Morgan fingerprint density at radius 3 is 2.53 bits per heavy atom. The van der Waals surface area contributed by atoms with Gasteiger partial charge in [0, 0.05) is 15.1 Å². The minimum Gasteiger partial charge on any atom is -0.478 e. The van der Waals surface area contributed by atoms with Gasteiger partial charge in [-0.3, -0.25) is 0 Å². The molecule has 1 N–H and O–H groups in total. The molecular formula is C14H10BrFO2S. The van der Waals surface area contributed by atoms with Gasteiger partial charge in [0.25, 0.3) is 0 Å². The van der Waals surface area contributed by atoms with Crippen LogP contribution < -0.4 is 0 Å². The van der Waals surface area contributed by atoms with Gasteiger partial charge in [-0.2, -0.15) is 0 Å². The quantitative estimate of drug-likeness (QED) is 0.827. The molecule has 19 heavy (non-hydrogen) atoms. The lowest BCUT2D eigenvalue weighted by molar-refractivity contribution is 0.0692. The molecule has 0 fully saturated rings. The predicted octanol–water partition coefficient (Wildman–Crippen LogP) is 4.58. The molecule has 0 aromatic heterocycles. The molecule has 2 nitrogen and oxygen atoms in total. The first-order chi connectivity index (χ1) is 9.06. The van der Waals surface area contributed by atoms with E-state index in [-0.39, 0.29) is 5.56 Å². The highest BCUT2D eigenvalue weighted by molar-refractivity contribution is 9.10. The van der Waals surface area contributed by atoms with Crippen LogP contribution >= 0.6 is 27.7 Å². The lowest BCUT2D eigenvalue weighted by atomic mass is 10.1. The first kappa shape index (κ1) is 14.1. The molecule has 0 atom stereocenters. The van der Waals surface area contributed by atoms with E-state index in [1.807, 2.05) is 24.3 Å². The van der Waals surface area contributed by atoms with Crippen LogP contribution in [-0.2, 0) is 5.75 Å². The minimum atomic E-state index is -1.24. The Balaban J connectivity index is 2.09. The van der Waals surface area contributed by atoms with Gasteiger partial charge in [0.2, 0.25) is 0 Å². The van der Waals surface area contributed by atoms with E-state index in [2.05, 4.69) is 15.9 Å². The summed E-state index contributed by atoms with van der Waals surface area (Å²) in [6, 6.07) is 12.0. The largest absolute Gasteiger partial charge is 0.478 e. The standard InChI is InChI=1S/C14H10BrFO2S/c15-10-2-4-11(5-3-10)19-8-9-1-6-13(16)12(7-9)14(17)18/h1-7H,8H2,(H,17,18). The van der Waals surface area contributed by atoms with Crippen molar-refractivity contribution in [3.05, 3.63) is 63.9 Å². The van der Waals surface area contributed by atoms with Crippen molar-refractivity contribution in [3.8, 4) is 0 Å². The van der Waals surface area contributed by atoms with Crippen molar-refractivity contribution in [1.82, 2.24) is 0 Å². The van der Waals surface area contributed by atoms with Crippen LogP contribution in [0.5, 0.6) is 0 Å². The number of carboxylic acids is 1. The molecular weight excluding hydrogens is 331 g/mol. The van der Waals surface area contributed by atoms with E-state index in [4.69, 9.17) is 5.11 Å². The summed E-state index contributed by atoms with van der Waals surface area (Å²) in [6.07, 6.45) is 0. The molecule has 0 heterocycles. The van der Waals surface area contributed by atoms with E-state index in [9.17, 15) is 9.18 Å². The molecule has 0 saturated carbocycles. The Hall–Kier alpha value is -1.33. The maximum atomic E-state index is 13.2. The predicted molar refractivity (Wildman–Crippen MR) is 77.1 cm³/mol. The SMILES string of the molecule is O=C(O)c1cc(CSc2ccc(Br)cc2)ccc1F. The molecule has 0 aliphatic rings. The third-order valence-corrected chi connectivity index (χ3v) is 4.09. The normalized spacial score (nSPS) is 10.4. The summed E-state index contributed by atoms with van der Waals surface area (Å²) >= 11 is 4.93. The van der Waals surface area contributed by atoms with Gasteiger partial charge in [0.05, 0.1) is 5.56 Å². The summed E-state index contributed by atoms with van der Waals surface area (Å²) in [5.74, 6) is -1.35. The fourth-order valence-corrected chi connectivity index (χ4v) is 2.63. The molecule has 0 aliphatic heterocycles. The van der Waals surface area contributed by atoms with Crippen LogP contribution in [0.15, 0.2) is 51.8 Å². The lowest BCUT2D eigenvalue weighted by Crippen LogP contribution is -2.01. The van der Waals surface area contributed by atoms with Gasteiger partial charge >= 0.3 is 5.97 Å². The molecule has 5 heteroatoms. The number of halogens is 2. The first-order valence-electron chi connectivity index (χ1n) is 5.46. The Labute approximate surface area is 122 Å². The van der Waals surface area contributed by atoms with Crippen LogP contribution in [0.4, 0.5) is 4.39 Å². The molecule has 0 spiro atoms. The number of hydrogen-bond donors (Lipinski definition) is 1. The molecule has 2 rings (SSSR count). The van der Waals surface area contributed by atoms with Crippen molar-refractivity contribution in [1.29, 1.82) is 0 Å². The van der Waals surface area contributed by atoms with E-state index < -0.39 is 11.8 Å². The second-order valence-corrected chi connectivity index (χ2v) is 5.83. The van der Waals surface area contributed by atoms with Gasteiger partial charge in [-0.25, -0.2) is 9.18 Å². The van der Waals surface area contributed by atoms with E-state index in [0.717, 1.165) is 14.9 Å². The topological polar surface area (TPSA) is 37.3 Å². The van der Waals surface area contributed by atoms with E-state index in [0.29, 0.717) is 5.75 Å². The summed E-state index contributed by atoms with van der Waals surface area (Å²) < 4.78 is 14.2. The maximum Gasteiger partial charge on any atom is 0.338 e. The van der Waals surface area contributed by atoms with Gasteiger partial charge < -0.3 is 5.11 Å². The third-order valence-electron chi connectivity index (χ3n) is 2.48. The van der Waals surface area contributed by atoms with Crippen molar-refractivity contribution < 1.29 is 14.3 Å².